The van der Waals surface area contributed by atoms with E-state index in [4.69, 9.17) is 9.72 Å². The zero-order chi connectivity index (χ0) is 21.3. The lowest BCUT2D eigenvalue weighted by Crippen LogP contribution is -2.31. The number of hydrogen-bond donors (Lipinski definition) is 1. The predicted molar refractivity (Wildman–Crippen MR) is 115 cm³/mol. The Labute approximate surface area is 175 Å². The summed E-state index contributed by atoms with van der Waals surface area (Å²) < 4.78 is 19.0. The summed E-state index contributed by atoms with van der Waals surface area (Å²) in [6, 6.07) is 14.3. The Morgan fingerprint density at radius 2 is 1.90 bits per heavy atom. The Bertz CT molecular complexity index is 1110. The highest BCUT2D eigenvalue weighted by molar-refractivity contribution is 5.99. The number of rotatable bonds is 4. The van der Waals surface area contributed by atoms with Crippen molar-refractivity contribution in [2.75, 3.05) is 0 Å². The molecule has 1 aliphatic rings. The quantitative estimate of drug-likeness (QED) is 0.603. The van der Waals surface area contributed by atoms with Crippen molar-refractivity contribution < 1.29 is 19.0 Å². The Balaban J connectivity index is 1.91. The molecule has 5 heteroatoms. The van der Waals surface area contributed by atoms with E-state index in [9.17, 15) is 14.3 Å². The van der Waals surface area contributed by atoms with Gasteiger partial charge in [0.2, 0.25) is 0 Å². The standard InChI is InChI=1S/C25H24FNO3/c1-15(2)25-21(12-11-19-13-18(28)14-23(29)30-19)24(16-7-9-17(26)10-8-16)20-5-3-4-6-22(20)27-25/h3-12,15,18-19,28H,13-14H2,1-2H3/b12-11+/t18-,19-/m1/s1. The molecule has 0 unspecified atom stereocenters. The zero-order valence-corrected chi connectivity index (χ0v) is 17.0. The van der Waals surface area contributed by atoms with Crippen LogP contribution in [0.3, 0.4) is 0 Å². The van der Waals surface area contributed by atoms with E-state index in [0.717, 1.165) is 33.3 Å². The molecule has 0 saturated carbocycles. The zero-order valence-electron chi connectivity index (χ0n) is 17.0. The number of nitrogens with zero attached hydrogens (tertiary/aromatic N) is 1. The van der Waals surface area contributed by atoms with Crippen molar-refractivity contribution in [2.24, 2.45) is 0 Å². The number of pyridine rings is 1. The van der Waals surface area contributed by atoms with Crippen LogP contribution < -0.4 is 0 Å². The van der Waals surface area contributed by atoms with Gasteiger partial charge >= 0.3 is 5.97 Å². The second-order valence-electron chi connectivity index (χ2n) is 7.95. The second kappa shape index (κ2) is 8.36. The van der Waals surface area contributed by atoms with Crippen molar-refractivity contribution in [3.63, 3.8) is 0 Å². The van der Waals surface area contributed by atoms with Crippen LogP contribution in [0.4, 0.5) is 4.39 Å². The van der Waals surface area contributed by atoms with Crippen molar-refractivity contribution >= 4 is 22.9 Å². The van der Waals surface area contributed by atoms with Gasteiger partial charge < -0.3 is 9.84 Å². The van der Waals surface area contributed by atoms with Gasteiger partial charge in [0, 0.05) is 22.9 Å². The molecule has 30 heavy (non-hydrogen) atoms. The first-order valence-electron chi connectivity index (χ1n) is 10.2. The third kappa shape index (κ3) is 4.12. The number of aliphatic hydroxyl groups excluding tert-OH is 1. The van der Waals surface area contributed by atoms with E-state index >= 15 is 0 Å². The number of cyclic esters (lactones) is 1. The fourth-order valence-corrected chi connectivity index (χ4v) is 3.91. The Morgan fingerprint density at radius 1 is 1.17 bits per heavy atom. The Kier molecular flexibility index (Phi) is 5.64. The van der Waals surface area contributed by atoms with Gasteiger partial charge in [-0.3, -0.25) is 9.78 Å². The average Bonchev–Trinajstić information content (AvgIpc) is 2.71. The molecule has 1 aliphatic heterocycles. The molecule has 3 aromatic rings. The molecular formula is C25H24FNO3. The second-order valence-corrected chi connectivity index (χ2v) is 7.95. The van der Waals surface area contributed by atoms with Gasteiger partial charge in [-0.15, -0.1) is 0 Å². The monoisotopic (exact) mass is 405 g/mol. The largest absolute Gasteiger partial charge is 0.458 e. The fourth-order valence-electron chi connectivity index (χ4n) is 3.91. The molecule has 0 spiro atoms. The van der Waals surface area contributed by atoms with E-state index in [1.54, 1.807) is 12.1 Å². The van der Waals surface area contributed by atoms with Crippen molar-refractivity contribution in [2.45, 2.75) is 44.8 Å². The molecule has 4 nitrogen and oxygen atoms in total. The van der Waals surface area contributed by atoms with Crippen LogP contribution in [0.2, 0.25) is 0 Å². The third-order valence-electron chi connectivity index (χ3n) is 5.31. The highest BCUT2D eigenvalue weighted by Crippen LogP contribution is 2.36. The maximum Gasteiger partial charge on any atom is 0.309 e. The van der Waals surface area contributed by atoms with E-state index < -0.39 is 18.2 Å². The number of para-hydroxylation sites is 1. The number of aromatic nitrogens is 1. The van der Waals surface area contributed by atoms with E-state index in [2.05, 4.69) is 13.8 Å². The van der Waals surface area contributed by atoms with Crippen molar-refractivity contribution in [3.05, 3.63) is 71.7 Å². The normalized spacial score (nSPS) is 19.6. The van der Waals surface area contributed by atoms with Crippen molar-refractivity contribution in [1.29, 1.82) is 0 Å². The lowest BCUT2D eigenvalue weighted by Gasteiger charge is -2.24. The summed E-state index contributed by atoms with van der Waals surface area (Å²) in [5.74, 6) is -0.544. The number of esters is 1. The molecule has 154 valence electrons. The summed E-state index contributed by atoms with van der Waals surface area (Å²) in [4.78, 5) is 16.6. The van der Waals surface area contributed by atoms with Gasteiger partial charge in [0.15, 0.2) is 0 Å². The van der Waals surface area contributed by atoms with Gasteiger partial charge in [-0.2, -0.15) is 0 Å². The third-order valence-corrected chi connectivity index (χ3v) is 5.31. The van der Waals surface area contributed by atoms with Gasteiger partial charge in [0.05, 0.1) is 23.7 Å². The molecule has 2 aromatic carbocycles. The van der Waals surface area contributed by atoms with Crippen molar-refractivity contribution in [1.82, 2.24) is 4.98 Å². The molecule has 4 rings (SSSR count). The van der Waals surface area contributed by atoms with E-state index in [1.807, 2.05) is 36.4 Å². The summed E-state index contributed by atoms with van der Waals surface area (Å²) in [5, 5.41) is 10.9. The summed E-state index contributed by atoms with van der Waals surface area (Å²) >= 11 is 0. The number of hydrogen-bond acceptors (Lipinski definition) is 4. The molecule has 0 radical (unpaired) electrons. The summed E-state index contributed by atoms with van der Waals surface area (Å²) in [6.07, 6.45) is 2.94. The minimum absolute atomic E-state index is 0.0277. The number of halogens is 1. The first-order valence-corrected chi connectivity index (χ1v) is 10.2. The van der Waals surface area contributed by atoms with Crippen LogP contribution in [0.5, 0.6) is 0 Å². The molecule has 1 N–H and O–H groups in total. The number of ether oxygens (including phenoxy) is 1. The van der Waals surface area contributed by atoms with Crippen LogP contribution in [0.1, 0.15) is 43.9 Å². The average molecular weight is 405 g/mol. The van der Waals surface area contributed by atoms with Crippen molar-refractivity contribution in [3.8, 4) is 11.1 Å². The molecule has 0 aliphatic carbocycles. The van der Waals surface area contributed by atoms with Gasteiger partial charge in [0.25, 0.3) is 0 Å². The lowest BCUT2D eigenvalue weighted by atomic mass is 9.90. The lowest BCUT2D eigenvalue weighted by molar-refractivity contribution is -0.156. The number of aliphatic hydroxyl groups is 1. The van der Waals surface area contributed by atoms with E-state index in [1.165, 1.54) is 12.1 Å². The van der Waals surface area contributed by atoms with Crippen LogP contribution in [-0.2, 0) is 9.53 Å². The van der Waals surface area contributed by atoms with Crippen LogP contribution in [0.15, 0.2) is 54.6 Å². The number of benzene rings is 2. The van der Waals surface area contributed by atoms with Gasteiger partial charge in [-0.25, -0.2) is 4.39 Å². The van der Waals surface area contributed by atoms with E-state index in [0.29, 0.717) is 6.42 Å². The summed E-state index contributed by atoms with van der Waals surface area (Å²) in [7, 11) is 0. The minimum Gasteiger partial charge on any atom is -0.458 e. The number of carbonyl (C=O) groups excluding carboxylic acids is 1. The van der Waals surface area contributed by atoms with Crippen LogP contribution >= 0.6 is 0 Å². The van der Waals surface area contributed by atoms with Gasteiger partial charge in [-0.1, -0.05) is 50.3 Å². The topological polar surface area (TPSA) is 59.4 Å². The molecular weight excluding hydrogens is 381 g/mol. The Hall–Kier alpha value is -3.05. The molecule has 2 heterocycles. The maximum atomic E-state index is 13.6. The highest BCUT2D eigenvalue weighted by Gasteiger charge is 2.26. The fraction of sp³-hybridized carbons (Fsp3) is 0.280. The van der Waals surface area contributed by atoms with Gasteiger partial charge in [0.1, 0.15) is 11.9 Å². The SMILES string of the molecule is CC(C)c1nc2ccccc2c(-c2ccc(F)cc2)c1/C=C/[C@@H]1C[C@@H](O)CC(=O)O1. The summed E-state index contributed by atoms with van der Waals surface area (Å²) in [6.45, 7) is 4.15. The molecule has 1 aromatic heterocycles. The first kappa shape index (κ1) is 20.2. The predicted octanol–water partition coefficient (Wildman–Crippen LogP) is 5.24. The van der Waals surface area contributed by atoms with Gasteiger partial charge in [-0.05, 0) is 35.8 Å². The van der Waals surface area contributed by atoms with Crippen LogP contribution in [0.25, 0.3) is 28.1 Å². The molecule has 2 atom stereocenters. The first-order chi connectivity index (χ1) is 14.4. The molecule has 0 amide bonds. The maximum absolute atomic E-state index is 13.6. The van der Waals surface area contributed by atoms with Crippen LogP contribution in [-0.4, -0.2) is 28.3 Å². The number of carbonyl (C=O) groups is 1. The highest BCUT2D eigenvalue weighted by atomic mass is 19.1. The van der Waals surface area contributed by atoms with E-state index in [-0.39, 0.29) is 18.2 Å². The molecule has 0 bridgehead atoms. The minimum atomic E-state index is -0.697. The molecule has 1 saturated heterocycles. The summed E-state index contributed by atoms with van der Waals surface area (Å²) in [5.41, 5.74) is 4.54. The smallest absolute Gasteiger partial charge is 0.309 e. The van der Waals surface area contributed by atoms with Crippen LogP contribution in [0, 0.1) is 5.82 Å². The number of fused-ring (bicyclic) bond motifs is 1. The Morgan fingerprint density at radius 3 is 2.60 bits per heavy atom. The molecule has 1 fully saturated rings.